The lowest BCUT2D eigenvalue weighted by Crippen LogP contribution is -2.21. The smallest absolute Gasteiger partial charge is 0.258 e. The van der Waals surface area contributed by atoms with Crippen molar-refractivity contribution in [1.29, 1.82) is 0 Å². The Kier molecular flexibility index (Phi) is 1.85. The molecule has 0 fully saturated rings. The van der Waals surface area contributed by atoms with Gasteiger partial charge in [0.1, 0.15) is 5.75 Å². The highest BCUT2D eigenvalue weighted by Gasteiger charge is 2.12. The first-order valence-corrected chi connectivity index (χ1v) is 3.20. The molecule has 0 aliphatic rings. The van der Waals surface area contributed by atoms with Crippen LogP contribution >= 0.6 is 0 Å². The van der Waals surface area contributed by atoms with Crippen molar-refractivity contribution >= 4 is 5.91 Å². The van der Waals surface area contributed by atoms with Gasteiger partial charge in [-0.15, -0.1) is 0 Å². The van der Waals surface area contributed by atoms with Gasteiger partial charge in [0.05, 0.1) is 5.56 Å². The molecule has 0 aliphatic heterocycles. The van der Waals surface area contributed by atoms with Crippen LogP contribution in [0.1, 0.15) is 10.4 Å². The minimum Gasteiger partial charge on any atom is -0.506 e. The van der Waals surface area contributed by atoms with Crippen molar-refractivity contribution in [2.75, 3.05) is 14.1 Å². The van der Waals surface area contributed by atoms with Gasteiger partial charge in [0.15, 0.2) is 0 Å². The van der Waals surface area contributed by atoms with E-state index in [9.17, 15) is 4.79 Å². The molecule has 0 bridgehead atoms. The largest absolute Gasteiger partial charge is 0.506 e. The average molecular weight is 154 g/mol. The second-order valence-electron chi connectivity index (χ2n) is 2.45. The van der Waals surface area contributed by atoms with Crippen molar-refractivity contribution in [3.05, 3.63) is 18.0 Å². The van der Waals surface area contributed by atoms with Crippen LogP contribution in [0.25, 0.3) is 0 Å². The third kappa shape index (κ3) is 1.34. The van der Waals surface area contributed by atoms with E-state index in [4.69, 9.17) is 5.11 Å². The molecule has 0 unspecified atom stereocenters. The van der Waals surface area contributed by atoms with Gasteiger partial charge in [-0.2, -0.15) is 0 Å². The Labute approximate surface area is 64.5 Å². The highest BCUT2D eigenvalue weighted by Crippen LogP contribution is 2.15. The van der Waals surface area contributed by atoms with Crippen molar-refractivity contribution in [3.63, 3.8) is 0 Å². The fourth-order valence-corrected chi connectivity index (χ4v) is 0.768. The number of aromatic nitrogens is 1. The van der Waals surface area contributed by atoms with Crippen LogP contribution in [0.4, 0.5) is 0 Å². The predicted octanol–water partition coefficient (Wildman–Crippen LogP) is 0.422. The monoisotopic (exact) mass is 154 g/mol. The summed E-state index contributed by atoms with van der Waals surface area (Å²) in [6.07, 6.45) is 2.84. The Morgan fingerprint density at radius 3 is 2.55 bits per heavy atom. The molecule has 1 rings (SSSR count). The number of amides is 1. The maximum Gasteiger partial charge on any atom is 0.258 e. The van der Waals surface area contributed by atoms with Gasteiger partial charge in [-0.1, -0.05) is 0 Å². The summed E-state index contributed by atoms with van der Waals surface area (Å²) in [4.78, 5) is 15.2. The quantitative estimate of drug-likeness (QED) is 0.616. The third-order valence-corrected chi connectivity index (χ3v) is 1.36. The van der Waals surface area contributed by atoms with Crippen LogP contribution in [0.15, 0.2) is 12.4 Å². The summed E-state index contributed by atoms with van der Waals surface area (Å²) in [5, 5.41) is 9.09. The minimum absolute atomic E-state index is 0.0105. The van der Waals surface area contributed by atoms with E-state index in [-0.39, 0.29) is 11.7 Å². The molecule has 0 saturated heterocycles. The van der Waals surface area contributed by atoms with Crippen molar-refractivity contribution in [3.8, 4) is 5.75 Å². The average Bonchev–Trinajstić information content (AvgIpc) is 2.33. The van der Waals surface area contributed by atoms with E-state index in [0.717, 1.165) is 0 Å². The fraction of sp³-hybridized carbons (Fsp3) is 0.286. The van der Waals surface area contributed by atoms with Crippen LogP contribution in [0, 0.1) is 0 Å². The molecule has 1 heterocycles. The summed E-state index contributed by atoms with van der Waals surface area (Å²) < 4.78 is 0. The molecule has 4 nitrogen and oxygen atoms in total. The summed E-state index contributed by atoms with van der Waals surface area (Å²) >= 11 is 0. The van der Waals surface area contributed by atoms with Crippen LogP contribution in [0.3, 0.4) is 0 Å². The second-order valence-corrected chi connectivity index (χ2v) is 2.45. The molecule has 1 amide bonds. The number of carbonyl (C=O) groups is 1. The molecule has 2 N–H and O–H groups in total. The SMILES string of the molecule is CN(C)C(=O)c1c[nH]cc1O. The molecular formula is C7H10N2O2. The molecule has 0 atom stereocenters. The van der Waals surface area contributed by atoms with Crippen LogP contribution in [0.2, 0.25) is 0 Å². The van der Waals surface area contributed by atoms with Gasteiger partial charge in [0, 0.05) is 26.5 Å². The van der Waals surface area contributed by atoms with E-state index in [0.29, 0.717) is 5.56 Å². The third-order valence-electron chi connectivity index (χ3n) is 1.36. The number of rotatable bonds is 1. The van der Waals surface area contributed by atoms with Crippen LogP contribution < -0.4 is 0 Å². The number of hydrogen-bond donors (Lipinski definition) is 2. The summed E-state index contributed by atoms with van der Waals surface area (Å²) in [5.41, 5.74) is 0.301. The van der Waals surface area contributed by atoms with Gasteiger partial charge in [-0.05, 0) is 0 Å². The van der Waals surface area contributed by atoms with E-state index in [1.165, 1.54) is 17.3 Å². The second kappa shape index (κ2) is 2.65. The van der Waals surface area contributed by atoms with Crippen molar-refractivity contribution in [1.82, 2.24) is 9.88 Å². The number of aromatic amines is 1. The number of aromatic hydroxyl groups is 1. The van der Waals surface area contributed by atoms with E-state index in [1.807, 2.05) is 0 Å². The maximum atomic E-state index is 11.2. The highest BCUT2D eigenvalue weighted by molar-refractivity contribution is 5.96. The van der Waals surface area contributed by atoms with Gasteiger partial charge in [0.25, 0.3) is 5.91 Å². The van der Waals surface area contributed by atoms with E-state index in [2.05, 4.69) is 4.98 Å². The summed E-state index contributed by atoms with van der Waals surface area (Å²) in [5.74, 6) is -0.215. The van der Waals surface area contributed by atoms with Gasteiger partial charge in [-0.3, -0.25) is 4.79 Å². The Hall–Kier alpha value is -1.45. The summed E-state index contributed by atoms with van der Waals surface area (Å²) in [6.45, 7) is 0. The van der Waals surface area contributed by atoms with Gasteiger partial charge in [-0.25, -0.2) is 0 Å². The summed E-state index contributed by atoms with van der Waals surface area (Å²) in [7, 11) is 3.27. The normalized spacial score (nSPS) is 9.64. The van der Waals surface area contributed by atoms with Crippen LogP contribution in [-0.4, -0.2) is 35.0 Å². The van der Waals surface area contributed by atoms with E-state index < -0.39 is 0 Å². The van der Waals surface area contributed by atoms with Crippen molar-refractivity contribution in [2.45, 2.75) is 0 Å². The first-order valence-electron chi connectivity index (χ1n) is 3.20. The van der Waals surface area contributed by atoms with Gasteiger partial charge in [0.2, 0.25) is 0 Å². The fourth-order valence-electron chi connectivity index (χ4n) is 0.768. The molecule has 0 saturated carbocycles. The van der Waals surface area contributed by atoms with Gasteiger partial charge < -0.3 is 15.0 Å². The number of nitrogens with one attached hydrogen (secondary N) is 1. The lowest BCUT2D eigenvalue weighted by molar-refractivity contribution is 0.0825. The lowest BCUT2D eigenvalue weighted by atomic mass is 10.3. The van der Waals surface area contributed by atoms with Crippen molar-refractivity contribution in [2.24, 2.45) is 0 Å². The number of nitrogens with zero attached hydrogens (tertiary/aromatic N) is 1. The number of H-pyrrole nitrogens is 1. The highest BCUT2D eigenvalue weighted by atomic mass is 16.3. The van der Waals surface area contributed by atoms with Crippen LogP contribution in [0.5, 0.6) is 5.75 Å². The molecule has 1 aromatic rings. The Balaban J connectivity index is 2.93. The van der Waals surface area contributed by atoms with E-state index >= 15 is 0 Å². The van der Waals surface area contributed by atoms with E-state index in [1.54, 1.807) is 14.1 Å². The van der Waals surface area contributed by atoms with Gasteiger partial charge >= 0.3 is 0 Å². The first kappa shape index (κ1) is 7.65. The molecule has 11 heavy (non-hydrogen) atoms. The molecule has 1 aromatic heterocycles. The lowest BCUT2D eigenvalue weighted by Gasteiger charge is -2.07. The predicted molar refractivity (Wildman–Crippen MR) is 40.5 cm³/mol. The van der Waals surface area contributed by atoms with Crippen molar-refractivity contribution < 1.29 is 9.90 Å². The molecule has 60 valence electrons. The standard InChI is InChI=1S/C7H10N2O2/c1-9(2)7(11)5-3-8-4-6(5)10/h3-4,8,10H,1-2H3. The zero-order valence-corrected chi connectivity index (χ0v) is 6.46. The molecule has 0 aromatic carbocycles. The number of carbonyl (C=O) groups excluding carboxylic acids is 1. The Bertz CT molecular complexity index is 265. The minimum atomic E-state index is -0.205. The number of hydrogen-bond acceptors (Lipinski definition) is 2. The maximum absolute atomic E-state index is 11.2. The summed E-state index contributed by atoms with van der Waals surface area (Å²) in [6, 6.07) is 0. The first-order chi connectivity index (χ1) is 5.13. The molecule has 0 aliphatic carbocycles. The Morgan fingerprint density at radius 1 is 1.55 bits per heavy atom. The topological polar surface area (TPSA) is 56.3 Å². The molecule has 0 spiro atoms. The Morgan fingerprint density at radius 2 is 2.18 bits per heavy atom. The molecule has 4 heteroatoms. The molecular weight excluding hydrogens is 144 g/mol. The van der Waals surface area contributed by atoms with Crippen LogP contribution in [-0.2, 0) is 0 Å². The molecule has 0 radical (unpaired) electrons. The zero-order chi connectivity index (χ0) is 8.43. The zero-order valence-electron chi connectivity index (χ0n) is 6.46.